The zero-order valence-electron chi connectivity index (χ0n) is 9.21. The fraction of sp³-hybridized carbons (Fsp3) is 0.800. The van der Waals surface area contributed by atoms with Crippen molar-refractivity contribution in [1.29, 1.82) is 0 Å². The molecule has 0 saturated heterocycles. The van der Waals surface area contributed by atoms with E-state index < -0.39 is 0 Å². The predicted molar refractivity (Wildman–Crippen MR) is 60.6 cm³/mol. The van der Waals surface area contributed by atoms with Gasteiger partial charge >= 0.3 is 0 Å². The van der Waals surface area contributed by atoms with Gasteiger partial charge in [-0.25, -0.2) is 0 Å². The van der Waals surface area contributed by atoms with E-state index in [1.165, 1.54) is 29.3 Å². The van der Waals surface area contributed by atoms with Crippen molar-refractivity contribution < 1.29 is 0 Å². The molecule has 3 nitrogen and oxygen atoms in total. The van der Waals surface area contributed by atoms with Crippen LogP contribution in [0.1, 0.15) is 50.1 Å². The van der Waals surface area contributed by atoms with Gasteiger partial charge < -0.3 is 5.32 Å². The predicted octanol–water partition coefficient (Wildman–Crippen LogP) is 2.55. The van der Waals surface area contributed by atoms with Crippen molar-refractivity contribution >= 4 is 11.5 Å². The number of rotatable bonds is 6. The van der Waals surface area contributed by atoms with Crippen LogP contribution < -0.4 is 5.32 Å². The Kier molecular flexibility index (Phi) is 5.04. The Morgan fingerprint density at radius 2 is 2.21 bits per heavy atom. The number of hydrogen-bond donors (Lipinski definition) is 1. The minimum Gasteiger partial charge on any atom is -0.312 e. The molecule has 0 aliphatic rings. The Morgan fingerprint density at radius 3 is 2.86 bits per heavy atom. The lowest BCUT2D eigenvalue weighted by Gasteiger charge is -2.05. The van der Waals surface area contributed by atoms with Crippen LogP contribution in [-0.2, 0) is 6.54 Å². The van der Waals surface area contributed by atoms with E-state index >= 15 is 0 Å². The first kappa shape index (κ1) is 11.6. The molecule has 0 spiro atoms. The van der Waals surface area contributed by atoms with Crippen molar-refractivity contribution in [1.82, 2.24) is 14.9 Å². The van der Waals surface area contributed by atoms with E-state index in [0.29, 0.717) is 5.92 Å². The molecular weight excluding hydrogens is 194 g/mol. The molecule has 0 aliphatic carbocycles. The third kappa shape index (κ3) is 3.35. The maximum atomic E-state index is 4.14. The largest absolute Gasteiger partial charge is 0.312 e. The standard InChI is InChI=1S/C10H19N3S/c1-4-5-6-11-7-9-10(8(2)3)12-13-14-9/h8,11H,4-7H2,1-3H3. The minimum absolute atomic E-state index is 0.483. The van der Waals surface area contributed by atoms with Gasteiger partial charge in [0.25, 0.3) is 0 Å². The topological polar surface area (TPSA) is 37.8 Å². The van der Waals surface area contributed by atoms with Crippen LogP contribution in [-0.4, -0.2) is 16.1 Å². The first-order valence-corrected chi connectivity index (χ1v) is 6.04. The number of nitrogens with zero attached hydrogens (tertiary/aromatic N) is 2. The Hall–Kier alpha value is -0.480. The zero-order chi connectivity index (χ0) is 10.4. The third-order valence-corrected chi connectivity index (χ3v) is 2.86. The van der Waals surface area contributed by atoms with E-state index in [9.17, 15) is 0 Å². The van der Waals surface area contributed by atoms with Crippen molar-refractivity contribution in [2.24, 2.45) is 0 Å². The summed E-state index contributed by atoms with van der Waals surface area (Å²) in [5.74, 6) is 0.483. The normalized spacial score (nSPS) is 11.1. The molecule has 4 heteroatoms. The molecule has 0 saturated carbocycles. The third-order valence-electron chi connectivity index (χ3n) is 2.12. The second-order valence-corrected chi connectivity index (χ2v) is 4.61. The van der Waals surface area contributed by atoms with Crippen molar-refractivity contribution in [3.8, 4) is 0 Å². The molecule has 1 N–H and O–H groups in total. The maximum Gasteiger partial charge on any atom is 0.0826 e. The quantitative estimate of drug-likeness (QED) is 0.738. The smallest absolute Gasteiger partial charge is 0.0826 e. The summed E-state index contributed by atoms with van der Waals surface area (Å²) in [5.41, 5.74) is 1.15. The average Bonchev–Trinajstić information content (AvgIpc) is 2.60. The van der Waals surface area contributed by atoms with Crippen LogP contribution >= 0.6 is 11.5 Å². The van der Waals surface area contributed by atoms with Crippen LogP contribution in [0.4, 0.5) is 0 Å². The minimum atomic E-state index is 0.483. The molecule has 0 aliphatic heterocycles. The van der Waals surface area contributed by atoms with E-state index in [2.05, 4.69) is 35.7 Å². The van der Waals surface area contributed by atoms with E-state index in [-0.39, 0.29) is 0 Å². The monoisotopic (exact) mass is 213 g/mol. The summed E-state index contributed by atoms with van der Waals surface area (Å²) in [6.45, 7) is 8.53. The highest BCUT2D eigenvalue weighted by Crippen LogP contribution is 2.19. The lowest BCUT2D eigenvalue weighted by atomic mass is 10.1. The lowest BCUT2D eigenvalue weighted by Crippen LogP contribution is -2.14. The summed E-state index contributed by atoms with van der Waals surface area (Å²) in [7, 11) is 0. The highest BCUT2D eigenvalue weighted by molar-refractivity contribution is 7.05. The van der Waals surface area contributed by atoms with Crippen molar-refractivity contribution in [2.75, 3.05) is 6.54 Å². The van der Waals surface area contributed by atoms with Gasteiger partial charge in [-0.2, -0.15) is 0 Å². The number of hydrogen-bond acceptors (Lipinski definition) is 4. The molecule has 1 aromatic heterocycles. The molecular formula is C10H19N3S. The number of aromatic nitrogens is 2. The Bertz CT molecular complexity index is 258. The fourth-order valence-electron chi connectivity index (χ4n) is 1.28. The maximum absolute atomic E-state index is 4.14. The molecule has 0 radical (unpaired) electrons. The molecule has 1 aromatic rings. The summed E-state index contributed by atoms with van der Waals surface area (Å²) in [4.78, 5) is 1.29. The van der Waals surface area contributed by atoms with Gasteiger partial charge in [0.15, 0.2) is 0 Å². The van der Waals surface area contributed by atoms with E-state index in [1.807, 2.05) is 0 Å². The fourth-order valence-corrected chi connectivity index (χ4v) is 2.04. The van der Waals surface area contributed by atoms with Crippen LogP contribution in [0.15, 0.2) is 0 Å². The molecule has 1 rings (SSSR count). The van der Waals surface area contributed by atoms with Crippen molar-refractivity contribution in [2.45, 2.75) is 46.1 Å². The zero-order valence-corrected chi connectivity index (χ0v) is 10.0. The Morgan fingerprint density at radius 1 is 1.43 bits per heavy atom. The van der Waals surface area contributed by atoms with Crippen LogP contribution in [0.25, 0.3) is 0 Å². The molecule has 0 unspecified atom stereocenters. The van der Waals surface area contributed by atoms with Crippen LogP contribution in [0, 0.1) is 0 Å². The molecule has 0 aromatic carbocycles. The van der Waals surface area contributed by atoms with Gasteiger partial charge in [-0.05, 0) is 30.4 Å². The van der Waals surface area contributed by atoms with Gasteiger partial charge in [0.2, 0.25) is 0 Å². The second kappa shape index (κ2) is 6.09. The van der Waals surface area contributed by atoms with Gasteiger partial charge in [0.05, 0.1) is 10.6 Å². The molecule has 0 fully saturated rings. The van der Waals surface area contributed by atoms with Gasteiger partial charge in [-0.15, -0.1) is 5.10 Å². The number of unbranched alkanes of at least 4 members (excludes halogenated alkanes) is 1. The summed E-state index contributed by atoms with van der Waals surface area (Å²) in [6, 6.07) is 0. The van der Waals surface area contributed by atoms with Crippen molar-refractivity contribution in [3.63, 3.8) is 0 Å². The first-order chi connectivity index (χ1) is 6.75. The SMILES string of the molecule is CCCCNCc1snnc1C(C)C. The lowest BCUT2D eigenvalue weighted by molar-refractivity contribution is 0.638. The van der Waals surface area contributed by atoms with Gasteiger partial charge in [-0.3, -0.25) is 0 Å². The highest BCUT2D eigenvalue weighted by Gasteiger charge is 2.10. The van der Waals surface area contributed by atoms with Crippen LogP contribution in [0.2, 0.25) is 0 Å². The van der Waals surface area contributed by atoms with Gasteiger partial charge in [-0.1, -0.05) is 31.7 Å². The average molecular weight is 213 g/mol. The first-order valence-electron chi connectivity index (χ1n) is 5.27. The molecule has 1 heterocycles. The molecule has 14 heavy (non-hydrogen) atoms. The molecule has 0 atom stereocenters. The van der Waals surface area contributed by atoms with Crippen LogP contribution in [0.3, 0.4) is 0 Å². The summed E-state index contributed by atoms with van der Waals surface area (Å²) >= 11 is 1.51. The van der Waals surface area contributed by atoms with E-state index in [0.717, 1.165) is 18.8 Å². The highest BCUT2D eigenvalue weighted by atomic mass is 32.1. The second-order valence-electron chi connectivity index (χ2n) is 3.77. The summed E-state index contributed by atoms with van der Waals surface area (Å²) < 4.78 is 3.99. The molecule has 0 bridgehead atoms. The van der Waals surface area contributed by atoms with Gasteiger partial charge in [0, 0.05) is 6.54 Å². The van der Waals surface area contributed by atoms with Crippen LogP contribution in [0.5, 0.6) is 0 Å². The Balaban J connectivity index is 2.38. The van der Waals surface area contributed by atoms with E-state index in [4.69, 9.17) is 0 Å². The van der Waals surface area contributed by atoms with Crippen molar-refractivity contribution in [3.05, 3.63) is 10.6 Å². The van der Waals surface area contributed by atoms with E-state index in [1.54, 1.807) is 0 Å². The number of nitrogens with one attached hydrogen (secondary N) is 1. The summed E-state index contributed by atoms with van der Waals surface area (Å²) in [5, 5.41) is 7.56. The molecule has 0 amide bonds. The van der Waals surface area contributed by atoms with Gasteiger partial charge in [0.1, 0.15) is 0 Å². The summed E-state index contributed by atoms with van der Waals surface area (Å²) in [6.07, 6.45) is 2.48. The Labute approximate surface area is 90.1 Å². The molecule has 80 valence electrons.